The van der Waals surface area contributed by atoms with Gasteiger partial charge in [0.25, 0.3) is 15.8 Å². The minimum Gasteiger partial charge on any atom is -1.00 e. The average Bonchev–Trinajstić information content (AvgIpc) is 2.02. The van der Waals surface area contributed by atoms with Crippen molar-refractivity contribution in [3.05, 3.63) is 33.9 Å². The van der Waals surface area contributed by atoms with Gasteiger partial charge in [0.2, 0.25) is 0 Å². The fourth-order valence-corrected chi connectivity index (χ4v) is 1.72. The van der Waals surface area contributed by atoms with Crippen LogP contribution in [-0.2, 0) is 10.1 Å². The maximum absolute atomic E-state index is 10.8. The van der Waals surface area contributed by atoms with E-state index in [-0.39, 0.29) is 42.2 Å². The molecule has 0 unspecified atom stereocenters. The Kier molecular flexibility index (Phi) is 4.88. The van der Waals surface area contributed by atoms with Crippen LogP contribution in [0.25, 0.3) is 0 Å². The quantitative estimate of drug-likeness (QED) is 0.287. The van der Waals surface area contributed by atoms with Crippen LogP contribution < -0.4 is 29.6 Å². The Morgan fingerprint density at radius 3 is 2.40 bits per heavy atom. The van der Waals surface area contributed by atoms with Gasteiger partial charge < -0.3 is 1.43 Å². The molecule has 0 atom stereocenters. The summed E-state index contributed by atoms with van der Waals surface area (Å²) in [5.41, 5.74) is -0.110. The Morgan fingerprint density at radius 1 is 1.47 bits per heavy atom. The third-order valence-corrected chi connectivity index (χ3v) is 2.66. The summed E-state index contributed by atoms with van der Waals surface area (Å²) in [6.45, 7) is 1.44. The number of benzene rings is 1. The van der Waals surface area contributed by atoms with E-state index in [4.69, 9.17) is 4.55 Å². The van der Waals surface area contributed by atoms with Gasteiger partial charge in [-0.3, -0.25) is 14.7 Å². The van der Waals surface area contributed by atoms with Crippen LogP contribution in [0, 0.1) is 17.0 Å². The molecular weight excluding hydrogens is 233 g/mol. The minimum atomic E-state index is -4.39. The molecule has 0 spiro atoms. The number of non-ortho nitro benzene ring substituents is 1. The van der Waals surface area contributed by atoms with Crippen molar-refractivity contribution in [2.75, 3.05) is 0 Å². The molecule has 0 aliphatic heterocycles. The van der Waals surface area contributed by atoms with E-state index >= 15 is 0 Å². The van der Waals surface area contributed by atoms with Crippen molar-refractivity contribution in [3.63, 3.8) is 0 Å². The molecule has 15 heavy (non-hydrogen) atoms. The standard InChI is InChI=1S/C7H7NO5S.Na.H/c1-5-2-3-6(8(9)10)4-7(5)14(11,12)13;;/h2-4H,1H3,(H,11,12,13);;/q;+1;-1. The number of nitro benzene ring substituents is 1. The van der Waals surface area contributed by atoms with Crippen LogP contribution in [0.3, 0.4) is 0 Å². The van der Waals surface area contributed by atoms with E-state index in [9.17, 15) is 18.5 Å². The monoisotopic (exact) mass is 241 g/mol. The summed E-state index contributed by atoms with van der Waals surface area (Å²) in [5.74, 6) is 0. The Balaban J connectivity index is 0. The molecule has 0 fully saturated rings. The molecule has 0 heterocycles. The van der Waals surface area contributed by atoms with Gasteiger partial charge in [-0.1, -0.05) is 6.07 Å². The van der Waals surface area contributed by atoms with Crippen molar-refractivity contribution >= 4 is 15.8 Å². The van der Waals surface area contributed by atoms with Crippen molar-refractivity contribution in [2.24, 2.45) is 0 Å². The normalized spacial score (nSPS) is 10.5. The van der Waals surface area contributed by atoms with Gasteiger partial charge in [0, 0.05) is 12.1 Å². The van der Waals surface area contributed by atoms with Gasteiger partial charge in [-0.05, 0) is 12.5 Å². The van der Waals surface area contributed by atoms with Crippen molar-refractivity contribution in [3.8, 4) is 0 Å². The molecule has 8 heteroatoms. The first kappa shape index (κ1) is 14.5. The fourth-order valence-electron chi connectivity index (χ4n) is 0.980. The van der Waals surface area contributed by atoms with Crippen LogP contribution in [0.15, 0.2) is 23.1 Å². The molecule has 0 radical (unpaired) electrons. The number of rotatable bonds is 2. The first-order chi connectivity index (χ1) is 6.32. The van der Waals surface area contributed by atoms with Crippen LogP contribution >= 0.6 is 0 Å². The van der Waals surface area contributed by atoms with Gasteiger partial charge in [0.05, 0.1) is 4.92 Å². The molecule has 0 aliphatic carbocycles. The second-order valence-electron chi connectivity index (χ2n) is 2.68. The smallest absolute Gasteiger partial charge is 1.00 e. The van der Waals surface area contributed by atoms with E-state index in [1.54, 1.807) is 0 Å². The van der Waals surface area contributed by atoms with E-state index in [1.165, 1.54) is 19.1 Å². The average molecular weight is 241 g/mol. The van der Waals surface area contributed by atoms with Crippen molar-refractivity contribution < 1.29 is 48.9 Å². The van der Waals surface area contributed by atoms with E-state index < -0.39 is 19.9 Å². The molecule has 0 amide bonds. The minimum absolute atomic E-state index is 0. The zero-order valence-electron chi connectivity index (χ0n) is 9.17. The summed E-state index contributed by atoms with van der Waals surface area (Å²) in [5, 5.41) is 10.3. The predicted octanol–water partition coefficient (Wildman–Crippen LogP) is -1.73. The van der Waals surface area contributed by atoms with Gasteiger partial charge in [-0.2, -0.15) is 8.42 Å². The number of nitro groups is 1. The maximum atomic E-state index is 10.8. The molecule has 6 nitrogen and oxygen atoms in total. The molecule has 1 aromatic carbocycles. The fraction of sp³-hybridized carbons (Fsp3) is 0.143. The van der Waals surface area contributed by atoms with E-state index in [1.807, 2.05) is 0 Å². The van der Waals surface area contributed by atoms with Crippen molar-refractivity contribution in [2.45, 2.75) is 11.8 Å². The molecule has 1 aromatic rings. The molecule has 0 bridgehead atoms. The van der Waals surface area contributed by atoms with Gasteiger partial charge in [-0.15, -0.1) is 0 Å². The zero-order valence-corrected chi connectivity index (χ0v) is 11.0. The first-order valence-corrected chi connectivity index (χ1v) is 4.99. The maximum Gasteiger partial charge on any atom is 1.00 e. The third kappa shape index (κ3) is 3.54. The number of aryl methyl sites for hydroxylation is 1. The summed E-state index contributed by atoms with van der Waals surface area (Å²) in [6.07, 6.45) is 0. The Morgan fingerprint density at radius 2 is 2.00 bits per heavy atom. The van der Waals surface area contributed by atoms with E-state index in [2.05, 4.69) is 0 Å². The van der Waals surface area contributed by atoms with E-state index in [0.29, 0.717) is 0 Å². The predicted molar refractivity (Wildman–Crippen MR) is 48.8 cm³/mol. The number of hydrogen-bond donors (Lipinski definition) is 1. The summed E-state index contributed by atoms with van der Waals surface area (Å²) in [4.78, 5) is 9.15. The van der Waals surface area contributed by atoms with E-state index in [0.717, 1.165) is 6.07 Å². The third-order valence-electron chi connectivity index (χ3n) is 1.66. The van der Waals surface area contributed by atoms with Crippen LogP contribution in [0.1, 0.15) is 6.99 Å². The molecule has 1 rings (SSSR count). The van der Waals surface area contributed by atoms with Crippen LogP contribution in [-0.4, -0.2) is 17.9 Å². The molecule has 0 saturated carbocycles. The second-order valence-corrected chi connectivity index (χ2v) is 4.07. The van der Waals surface area contributed by atoms with Crippen molar-refractivity contribution in [1.82, 2.24) is 0 Å². The summed E-state index contributed by atoms with van der Waals surface area (Å²) < 4.78 is 30.2. The van der Waals surface area contributed by atoms with Crippen molar-refractivity contribution in [1.29, 1.82) is 0 Å². The Bertz CT molecular complexity index is 490. The molecular formula is C7H8NNaO5S. The largest absolute Gasteiger partial charge is 1.00 e. The van der Waals surface area contributed by atoms with Gasteiger partial charge >= 0.3 is 29.6 Å². The van der Waals surface area contributed by atoms with Crippen LogP contribution in [0.4, 0.5) is 5.69 Å². The molecule has 1 N–H and O–H groups in total. The number of nitrogens with zero attached hydrogens (tertiary/aromatic N) is 1. The number of hydrogen-bond acceptors (Lipinski definition) is 4. The Labute approximate surface area is 110 Å². The molecule has 0 aromatic heterocycles. The SMILES string of the molecule is Cc1ccc([N+](=O)[O-])cc1S(=O)(=O)O.[H-].[Na+]. The summed E-state index contributed by atoms with van der Waals surface area (Å²) in [7, 11) is -4.39. The first-order valence-electron chi connectivity index (χ1n) is 3.55. The molecule has 78 valence electrons. The summed E-state index contributed by atoms with van der Waals surface area (Å²) >= 11 is 0. The van der Waals surface area contributed by atoms with Crippen LogP contribution in [0.2, 0.25) is 0 Å². The van der Waals surface area contributed by atoms with Gasteiger partial charge in [-0.25, -0.2) is 0 Å². The molecule has 0 aliphatic rings. The van der Waals surface area contributed by atoms with Crippen LogP contribution in [0.5, 0.6) is 0 Å². The Hall–Kier alpha value is -0.470. The molecule has 0 saturated heterocycles. The van der Waals surface area contributed by atoms with Gasteiger partial charge in [0.1, 0.15) is 4.90 Å². The second kappa shape index (κ2) is 5.04. The topological polar surface area (TPSA) is 97.5 Å². The summed E-state index contributed by atoms with van der Waals surface area (Å²) in [6, 6.07) is 3.26. The van der Waals surface area contributed by atoms with Gasteiger partial charge in [0.15, 0.2) is 0 Å². The zero-order chi connectivity index (χ0) is 10.9.